The van der Waals surface area contributed by atoms with Gasteiger partial charge in [0.05, 0.1) is 18.7 Å². The Balaban J connectivity index is 1.58. The zero-order valence-corrected chi connectivity index (χ0v) is 19.0. The number of aromatic nitrogens is 2. The number of allylic oxidation sites excluding steroid dienone is 4. The maximum Gasteiger partial charge on any atom is 0.320 e. The summed E-state index contributed by atoms with van der Waals surface area (Å²) in [6.07, 6.45) is 4.66. The third-order valence-corrected chi connectivity index (χ3v) is 5.63. The minimum atomic E-state index is -1.46. The molecule has 35 heavy (non-hydrogen) atoms. The molecule has 2 aromatic rings. The summed E-state index contributed by atoms with van der Waals surface area (Å²) in [6.45, 7) is 1.91. The lowest BCUT2D eigenvalue weighted by Crippen LogP contribution is -2.22. The normalized spacial score (nSPS) is 18.9. The number of carbonyl (C=O) groups is 2. The van der Waals surface area contributed by atoms with E-state index in [1.807, 2.05) is 12.1 Å². The molecule has 1 aliphatic carbocycles. The van der Waals surface area contributed by atoms with E-state index in [9.17, 15) is 22.8 Å². The highest BCUT2D eigenvalue weighted by Gasteiger charge is 2.27. The first-order chi connectivity index (χ1) is 16.8. The number of hydrogen-bond acceptors (Lipinski definition) is 7. The second-order valence-corrected chi connectivity index (χ2v) is 7.88. The van der Waals surface area contributed by atoms with E-state index in [1.54, 1.807) is 12.1 Å². The average Bonchev–Trinajstić information content (AvgIpc) is 3.36. The Morgan fingerprint density at radius 1 is 1.14 bits per heavy atom. The SMILES string of the molecule is C=C/C(Nc1nnc(C(=O)Nc2ccc(C3CCC(C(=O)OC)CC3)cc2)o1)=C(F)\C=C(\F)CF. The molecule has 1 fully saturated rings. The van der Waals surface area contributed by atoms with E-state index in [0.717, 1.165) is 37.3 Å². The van der Waals surface area contributed by atoms with E-state index in [4.69, 9.17) is 9.15 Å². The molecule has 1 aromatic heterocycles. The number of rotatable bonds is 9. The van der Waals surface area contributed by atoms with Crippen molar-refractivity contribution in [3.05, 3.63) is 71.8 Å². The summed E-state index contributed by atoms with van der Waals surface area (Å²) >= 11 is 0. The number of amides is 1. The fourth-order valence-electron chi connectivity index (χ4n) is 3.80. The van der Waals surface area contributed by atoms with Crippen molar-refractivity contribution in [1.82, 2.24) is 10.2 Å². The highest BCUT2D eigenvalue weighted by atomic mass is 19.2. The molecule has 0 unspecified atom stereocenters. The Morgan fingerprint density at radius 2 is 1.83 bits per heavy atom. The number of halogens is 3. The van der Waals surface area contributed by atoms with Crippen LogP contribution in [0.5, 0.6) is 0 Å². The Labute approximate surface area is 199 Å². The van der Waals surface area contributed by atoms with Gasteiger partial charge in [-0.1, -0.05) is 23.8 Å². The third-order valence-electron chi connectivity index (χ3n) is 5.63. The number of nitrogens with one attached hydrogen (secondary N) is 2. The van der Waals surface area contributed by atoms with Crippen molar-refractivity contribution < 1.29 is 31.9 Å². The predicted octanol–water partition coefficient (Wildman–Crippen LogP) is 5.37. The van der Waals surface area contributed by atoms with Crippen LogP contribution in [0.3, 0.4) is 0 Å². The fraction of sp³-hybridized carbons (Fsp3) is 0.333. The monoisotopic (exact) mass is 490 g/mol. The smallest absolute Gasteiger partial charge is 0.320 e. The lowest BCUT2D eigenvalue weighted by atomic mass is 9.79. The average molecular weight is 490 g/mol. The van der Waals surface area contributed by atoms with Gasteiger partial charge in [0.2, 0.25) is 0 Å². The van der Waals surface area contributed by atoms with Crippen LogP contribution in [-0.4, -0.2) is 35.9 Å². The summed E-state index contributed by atoms with van der Waals surface area (Å²) in [5, 5.41) is 12.2. The zero-order chi connectivity index (χ0) is 25.4. The Bertz CT molecular complexity index is 1120. The molecule has 1 aliphatic rings. The van der Waals surface area contributed by atoms with Crippen molar-refractivity contribution in [1.29, 1.82) is 0 Å². The van der Waals surface area contributed by atoms with Gasteiger partial charge >= 0.3 is 23.8 Å². The van der Waals surface area contributed by atoms with Crippen LogP contribution in [0.4, 0.5) is 24.9 Å². The molecule has 0 saturated heterocycles. The summed E-state index contributed by atoms with van der Waals surface area (Å²) < 4.78 is 49.1. The highest BCUT2D eigenvalue weighted by molar-refractivity contribution is 6.00. The molecule has 2 N–H and O–H groups in total. The van der Waals surface area contributed by atoms with Crippen LogP contribution in [-0.2, 0) is 9.53 Å². The second kappa shape index (κ2) is 12.0. The van der Waals surface area contributed by atoms with Crippen molar-refractivity contribution in [3.8, 4) is 0 Å². The molecule has 0 radical (unpaired) electrons. The van der Waals surface area contributed by atoms with Crippen molar-refractivity contribution in [3.63, 3.8) is 0 Å². The molecule has 1 saturated carbocycles. The van der Waals surface area contributed by atoms with Crippen LogP contribution in [0.15, 0.2) is 64.8 Å². The number of anilines is 2. The number of methoxy groups -OCH3 is 1. The predicted molar refractivity (Wildman–Crippen MR) is 123 cm³/mol. The topological polar surface area (TPSA) is 106 Å². The largest absolute Gasteiger partial charge is 0.469 e. The zero-order valence-electron chi connectivity index (χ0n) is 19.0. The van der Waals surface area contributed by atoms with E-state index in [0.29, 0.717) is 17.7 Å². The number of carbonyl (C=O) groups excluding carboxylic acids is 2. The first-order valence-electron chi connectivity index (χ1n) is 10.9. The lowest BCUT2D eigenvalue weighted by Gasteiger charge is -2.27. The summed E-state index contributed by atoms with van der Waals surface area (Å²) in [5.41, 5.74) is 1.26. The first-order valence-corrected chi connectivity index (χ1v) is 10.9. The van der Waals surface area contributed by atoms with Crippen LogP contribution in [0.1, 0.15) is 47.8 Å². The van der Waals surface area contributed by atoms with Gasteiger partial charge in [0, 0.05) is 11.8 Å². The fourth-order valence-corrected chi connectivity index (χ4v) is 3.80. The molecule has 11 heteroatoms. The van der Waals surface area contributed by atoms with Gasteiger partial charge in [-0.2, -0.15) is 0 Å². The molecule has 0 atom stereocenters. The van der Waals surface area contributed by atoms with Gasteiger partial charge in [-0.3, -0.25) is 9.59 Å². The molecule has 8 nitrogen and oxygen atoms in total. The van der Waals surface area contributed by atoms with Crippen LogP contribution >= 0.6 is 0 Å². The first kappa shape index (κ1) is 25.7. The number of benzene rings is 1. The van der Waals surface area contributed by atoms with E-state index in [2.05, 4.69) is 27.4 Å². The number of nitrogens with zero attached hydrogens (tertiary/aromatic N) is 2. The summed E-state index contributed by atoms with van der Waals surface area (Å²) in [6, 6.07) is 6.97. The quantitative estimate of drug-likeness (QED) is 0.359. The van der Waals surface area contributed by atoms with Gasteiger partial charge in [-0.15, -0.1) is 5.10 Å². The molecule has 1 amide bonds. The minimum absolute atomic E-state index is 0.0501. The number of hydrogen-bond donors (Lipinski definition) is 2. The van der Waals surface area contributed by atoms with Crippen LogP contribution in [0.25, 0.3) is 0 Å². The Hall–Kier alpha value is -3.89. The maximum atomic E-state index is 14.0. The molecule has 1 heterocycles. The lowest BCUT2D eigenvalue weighted by molar-refractivity contribution is -0.146. The molecule has 0 aliphatic heterocycles. The molecule has 186 valence electrons. The Kier molecular flexibility index (Phi) is 8.82. The van der Waals surface area contributed by atoms with Crippen LogP contribution < -0.4 is 10.6 Å². The third kappa shape index (κ3) is 6.81. The van der Waals surface area contributed by atoms with Crippen LogP contribution in [0, 0.1) is 5.92 Å². The molecular weight excluding hydrogens is 465 g/mol. The van der Waals surface area contributed by atoms with E-state index in [1.165, 1.54) is 7.11 Å². The summed E-state index contributed by atoms with van der Waals surface area (Å²) in [7, 11) is 1.40. The van der Waals surface area contributed by atoms with Gasteiger partial charge < -0.3 is 19.8 Å². The molecular formula is C24H25F3N4O4. The maximum absolute atomic E-state index is 14.0. The number of esters is 1. The van der Waals surface area contributed by atoms with Gasteiger partial charge in [0.25, 0.3) is 0 Å². The summed E-state index contributed by atoms with van der Waals surface area (Å²) in [4.78, 5) is 24.1. The molecule has 1 aromatic carbocycles. The van der Waals surface area contributed by atoms with Crippen molar-refractivity contribution in [2.45, 2.75) is 31.6 Å². The number of ether oxygens (including phenoxy) is 1. The van der Waals surface area contributed by atoms with Gasteiger partial charge in [0.15, 0.2) is 0 Å². The van der Waals surface area contributed by atoms with E-state index >= 15 is 0 Å². The number of alkyl halides is 1. The second-order valence-electron chi connectivity index (χ2n) is 7.88. The Morgan fingerprint density at radius 3 is 2.43 bits per heavy atom. The van der Waals surface area contributed by atoms with E-state index in [-0.39, 0.29) is 23.6 Å². The van der Waals surface area contributed by atoms with Gasteiger partial charge in [0.1, 0.15) is 18.3 Å². The minimum Gasteiger partial charge on any atom is -0.469 e. The van der Waals surface area contributed by atoms with Crippen molar-refractivity contribution in [2.24, 2.45) is 5.92 Å². The van der Waals surface area contributed by atoms with E-state index < -0.39 is 30.1 Å². The molecule has 3 rings (SSSR count). The van der Waals surface area contributed by atoms with Gasteiger partial charge in [-0.25, -0.2) is 13.2 Å². The van der Waals surface area contributed by atoms with Crippen molar-refractivity contribution in [2.75, 3.05) is 24.4 Å². The van der Waals surface area contributed by atoms with Gasteiger partial charge in [-0.05, 0) is 55.4 Å². The van der Waals surface area contributed by atoms with Crippen molar-refractivity contribution >= 4 is 23.6 Å². The molecule has 0 bridgehead atoms. The summed E-state index contributed by atoms with van der Waals surface area (Å²) in [5.74, 6) is -3.42. The van der Waals surface area contributed by atoms with Crippen LogP contribution in [0.2, 0.25) is 0 Å². The highest BCUT2D eigenvalue weighted by Crippen LogP contribution is 2.36. The standard InChI is InChI=1S/C24H25F3N4O4/c1-3-20(19(27)12-17(26)13-25)29-24-31-30-22(35-24)21(32)28-18-10-8-15(9-11-18)14-4-6-16(7-5-14)23(33)34-2/h3,8-12,14,16H,1,4-7,13H2,2H3,(H,28,32)(H,29,31)/b17-12+,20-19-. The molecule has 0 spiro atoms.